The Labute approximate surface area is 116 Å². The van der Waals surface area contributed by atoms with Crippen molar-refractivity contribution in [2.24, 2.45) is 5.73 Å². The average Bonchev–Trinajstić information content (AvgIpc) is 2.87. The fourth-order valence-electron chi connectivity index (χ4n) is 1.79. The average molecular weight is 275 g/mol. The molecule has 0 saturated heterocycles. The zero-order valence-corrected chi connectivity index (χ0v) is 11.4. The molecule has 6 heteroatoms. The van der Waals surface area contributed by atoms with Crippen molar-refractivity contribution < 1.29 is 9.53 Å². The summed E-state index contributed by atoms with van der Waals surface area (Å²) in [6, 6.07) is 7.04. The Kier molecular flexibility index (Phi) is 3.62. The second-order valence-electron chi connectivity index (χ2n) is 3.92. The van der Waals surface area contributed by atoms with E-state index in [0.717, 1.165) is 0 Å². The van der Waals surface area contributed by atoms with Crippen molar-refractivity contribution in [3.05, 3.63) is 47.4 Å². The number of esters is 1. The summed E-state index contributed by atoms with van der Waals surface area (Å²) in [5.74, 6) is 0.247. The van der Waals surface area contributed by atoms with Gasteiger partial charge in [0.25, 0.3) is 0 Å². The normalized spacial score (nSPS) is 10.2. The van der Waals surface area contributed by atoms with Gasteiger partial charge in [-0.3, -0.25) is 4.57 Å². The Hall–Kier alpha value is -2.21. The summed E-state index contributed by atoms with van der Waals surface area (Å²) in [6.45, 7) is 1.75. The standard InChI is InChI=1S/C13H13N3O2S/c1-8-9(13(17)18-2)5-6-11(15-8)16-7-3-4-10(16)12(14)19/h3-7H,1-2H3,(H2,14,19). The molecule has 5 nitrogen and oxygen atoms in total. The molecule has 2 heterocycles. The Morgan fingerprint density at radius 3 is 2.74 bits per heavy atom. The number of nitrogens with zero attached hydrogens (tertiary/aromatic N) is 2. The van der Waals surface area contributed by atoms with Crippen molar-refractivity contribution in [3.63, 3.8) is 0 Å². The van der Waals surface area contributed by atoms with Crippen molar-refractivity contribution in [3.8, 4) is 5.82 Å². The lowest BCUT2D eigenvalue weighted by molar-refractivity contribution is 0.0599. The SMILES string of the molecule is COC(=O)c1ccc(-n2cccc2C(N)=S)nc1C. The minimum Gasteiger partial charge on any atom is -0.465 e. The zero-order chi connectivity index (χ0) is 14.0. The van der Waals surface area contributed by atoms with Gasteiger partial charge in [0.15, 0.2) is 0 Å². The molecule has 0 aliphatic carbocycles. The van der Waals surface area contributed by atoms with Crippen molar-refractivity contribution in [1.82, 2.24) is 9.55 Å². The minimum atomic E-state index is -0.404. The lowest BCUT2D eigenvalue weighted by Gasteiger charge is -2.09. The Balaban J connectivity index is 2.48. The van der Waals surface area contributed by atoms with E-state index in [0.29, 0.717) is 27.8 Å². The first-order valence-electron chi connectivity index (χ1n) is 5.58. The van der Waals surface area contributed by atoms with Gasteiger partial charge in [0.1, 0.15) is 10.8 Å². The van der Waals surface area contributed by atoms with Crippen LogP contribution in [0.4, 0.5) is 0 Å². The summed E-state index contributed by atoms with van der Waals surface area (Å²) in [4.78, 5) is 16.2. The third-order valence-electron chi connectivity index (χ3n) is 2.72. The van der Waals surface area contributed by atoms with Gasteiger partial charge in [0, 0.05) is 6.20 Å². The van der Waals surface area contributed by atoms with Crippen LogP contribution in [0.2, 0.25) is 0 Å². The van der Waals surface area contributed by atoms with Gasteiger partial charge in [-0.05, 0) is 31.2 Å². The largest absolute Gasteiger partial charge is 0.465 e. The molecule has 2 aromatic rings. The number of thiocarbonyl (C=S) groups is 1. The molecular weight excluding hydrogens is 262 g/mol. The third-order valence-corrected chi connectivity index (χ3v) is 2.93. The topological polar surface area (TPSA) is 70.1 Å². The molecule has 2 N–H and O–H groups in total. The van der Waals surface area contributed by atoms with Crippen LogP contribution in [0.15, 0.2) is 30.5 Å². The number of pyridine rings is 1. The van der Waals surface area contributed by atoms with Crippen LogP contribution in [0.1, 0.15) is 21.7 Å². The number of aromatic nitrogens is 2. The first kappa shape index (κ1) is 13.2. The molecule has 0 saturated carbocycles. The van der Waals surface area contributed by atoms with E-state index in [2.05, 4.69) is 9.72 Å². The number of carbonyl (C=O) groups is 1. The first-order valence-corrected chi connectivity index (χ1v) is 5.99. The Morgan fingerprint density at radius 2 is 2.16 bits per heavy atom. The van der Waals surface area contributed by atoms with Gasteiger partial charge < -0.3 is 10.5 Å². The predicted octanol–water partition coefficient (Wildman–Crippen LogP) is 1.60. The second-order valence-corrected chi connectivity index (χ2v) is 4.36. The third kappa shape index (κ3) is 2.48. The molecule has 19 heavy (non-hydrogen) atoms. The number of nitrogens with two attached hydrogens (primary N) is 1. The number of ether oxygens (including phenoxy) is 1. The van der Waals surface area contributed by atoms with Crippen LogP contribution in [0.3, 0.4) is 0 Å². The van der Waals surface area contributed by atoms with Crippen molar-refractivity contribution in [1.29, 1.82) is 0 Å². The van der Waals surface area contributed by atoms with E-state index in [-0.39, 0.29) is 0 Å². The fraction of sp³-hybridized carbons (Fsp3) is 0.154. The molecular formula is C13H13N3O2S. The molecule has 0 bridgehead atoms. The van der Waals surface area contributed by atoms with Gasteiger partial charge in [-0.25, -0.2) is 9.78 Å². The number of hydrogen-bond donors (Lipinski definition) is 1. The summed E-state index contributed by atoms with van der Waals surface area (Å²) in [7, 11) is 1.34. The number of carbonyl (C=O) groups excluding carboxylic acids is 1. The second kappa shape index (κ2) is 5.19. The molecule has 0 aliphatic rings. The van der Waals surface area contributed by atoms with Crippen LogP contribution in [-0.4, -0.2) is 27.6 Å². The van der Waals surface area contributed by atoms with E-state index >= 15 is 0 Å². The van der Waals surface area contributed by atoms with E-state index in [1.54, 1.807) is 23.6 Å². The first-order chi connectivity index (χ1) is 9.04. The van der Waals surface area contributed by atoms with Crippen molar-refractivity contribution in [2.45, 2.75) is 6.92 Å². The maximum Gasteiger partial charge on any atom is 0.339 e. The predicted molar refractivity (Wildman–Crippen MR) is 75.5 cm³/mol. The van der Waals surface area contributed by atoms with Gasteiger partial charge in [0.2, 0.25) is 0 Å². The molecule has 2 aromatic heterocycles. The highest BCUT2D eigenvalue weighted by Crippen LogP contribution is 2.14. The summed E-state index contributed by atoms with van der Waals surface area (Å²) >= 11 is 4.98. The molecule has 0 aliphatic heterocycles. The van der Waals surface area contributed by atoms with Crippen molar-refractivity contribution in [2.75, 3.05) is 7.11 Å². The summed E-state index contributed by atoms with van der Waals surface area (Å²) in [6.07, 6.45) is 1.81. The Bertz CT molecular complexity index is 649. The highest BCUT2D eigenvalue weighted by atomic mass is 32.1. The molecule has 0 atom stereocenters. The summed E-state index contributed by atoms with van der Waals surface area (Å²) in [5, 5.41) is 0. The molecule has 0 aromatic carbocycles. The van der Waals surface area contributed by atoms with E-state index in [9.17, 15) is 4.79 Å². The number of hydrogen-bond acceptors (Lipinski definition) is 4. The quantitative estimate of drug-likeness (QED) is 0.680. The van der Waals surface area contributed by atoms with E-state index < -0.39 is 5.97 Å². The monoisotopic (exact) mass is 275 g/mol. The molecule has 0 amide bonds. The number of methoxy groups -OCH3 is 1. The minimum absolute atomic E-state index is 0.293. The van der Waals surface area contributed by atoms with Crippen LogP contribution < -0.4 is 5.73 Å². The van der Waals surface area contributed by atoms with Gasteiger partial charge in [-0.1, -0.05) is 12.2 Å². The van der Waals surface area contributed by atoms with Crippen LogP contribution in [-0.2, 0) is 4.74 Å². The number of rotatable bonds is 3. The van der Waals surface area contributed by atoms with Gasteiger partial charge in [-0.2, -0.15) is 0 Å². The molecule has 2 rings (SSSR count). The maximum absolute atomic E-state index is 11.5. The lowest BCUT2D eigenvalue weighted by atomic mass is 10.2. The highest BCUT2D eigenvalue weighted by Gasteiger charge is 2.13. The fourth-order valence-corrected chi connectivity index (χ4v) is 1.96. The van der Waals surface area contributed by atoms with Crippen LogP contribution in [0, 0.1) is 6.92 Å². The van der Waals surface area contributed by atoms with Crippen molar-refractivity contribution >= 4 is 23.2 Å². The van der Waals surface area contributed by atoms with Crippen LogP contribution >= 0.6 is 12.2 Å². The summed E-state index contributed by atoms with van der Waals surface area (Å²) in [5.41, 5.74) is 7.37. The lowest BCUT2D eigenvalue weighted by Crippen LogP contribution is -2.15. The Morgan fingerprint density at radius 1 is 1.42 bits per heavy atom. The number of aryl methyl sites for hydroxylation is 1. The molecule has 0 unspecified atom stereocenters. The van der Waals surface area contributed by atoms with Gasteiger partial charge in [-0.15, -0.1) is 0 Å². The van der Waals surface area contributed by atoms with E-state index in [1.165, 1.54) is 7.11 Å². The zero-order valence-electron chi connectivity index (χ0n) is 10.6. The smallest absolute Gasteiger partial charge is 0.339 e. The summed E-state index contributed by atoms with van der Waals surface area (Å²) < 4.78 is 6.46. The molecule has 98 valence electrons. The van der Waals surface area contributed by atoms with E-state index in [1.807, 2.05) is 18.3 Å². The maximum atomic E-state index is 11.5. The molecule has 0 radical (unpaired) electrons. The van der Waals surface area contributed by atoms with E-state index in [4.69, 9.17) is 18.0 Å². The molecule has 0 fully saturated rings. The van der Waals surface area contributed by atoms with Gasteiger partial charge in [0.05, 0.1) is 24.1 Å². The van der Waals surface area contributed by atoms with Crippen LogP contribution in [0.5, 0.6) is 0 Å². The van der Waals surface area contributed by atoms with Gasteiger partial charge >= 0.3 is 5.97 Å². The van der Waals surface area contributed by atoms with Crippen LogP contribution in [0.25, 0.3) is 5.82 Å². The molecule has 0 spiro atoms. The highest BCUT2D eigenvalue weighted by molar-refractivity contribution is 7.80.